The Labute approximate surface area is 140 Å². The Kier molecular flexibility index (Phi) is 5.41. The summed E-state index contributed by atoms with van der Waals surface area (Å²) in [5, 5.41) is 4.32. The molecule has 3 rings (SSSR count). The van der Waals surface area contributed by atoms with E-state index in [4.69, 9.17) is 0 Å². The van der Waals surface area contributed by atoms with E-state index in [1.807, 2.05) is 17.5 Å². The van der Waals surface area contributed by atoms with Crippen LogP contribution in [0.15, 0.2) is 47.3 Å². The average molecular weight is 328 g/mol. The van der Waals surface area contributed by atoms with E-state index in [1.165, 1.54) is 53.0 Å². The highest BCUT2D eigenvalue weighted by Crippen LogP contribution is 2.33. The summed E-state index contributed by atoms with van der Waals surface area (Å²) in [6, 6.07) is 10.9. The summed E-state index contributed by atoms with van der Waals surface area (Å²) in [6.07, 6.45) is 8.39. The Morgan fingerprint density at radius 1 is 1.00 bits per heavy atom. The maximum atomic E-state index is 4.52. The summed E-state index contributed by atoms with van der Waals surface area (Å²) < 4.78 is 0. The van der Waals surface area contributed by atoms with E-state index >= 15 is 0 Å². The minimum Gasteiger partial charge on any atom is -0.255 e. The molecule has 3 heteroatoms. The molecule has 0 amide bonds. The highest BCUT2D eigenvalue weighted by molar-refractivity contribution is 7.14. The molecule has 0 aliphatic carbocycles. The quantitative estimate of drug-likeness (QED) is 0.442. The SMILES string of the molecule is CCCCCCc1ccsc1-c1ccnc(-c2cccs2)c1. The molecule has 0 radical (unpaired) electrons. The van der Waals surface area contributed by atoms with Crippen LogP contribution in [0.25, 0.3) is 21.0 Å². The maximum Gasteiger partial charge on any atom is 0.0808 e. The fraction of sp³-hybridized carbons (Fsp3) is 0.316. The summed E-state index contributed by atoms with van der Waals surface area (Å²) in [7, 11) is 0. The highest BCUT2D eigenvalue weighted by Gasteiger charge is 2.09. The molecule has 0 aromatic carbocycles. The second-order valence-corrected chi connectivity index (χ2v) is 7.36. The lowest BCUT2D eigenvalue weighted by Gasteiger charge is -2.06. The van der Waals surface area contributed by atoms with Gasteiger partial charge in [-0.1, -0.05) is 32.3 Å². The Bertz CT molecular complexity index is 698. The van der Waals surface area contributed by atoms with Crippen molar-refractivity contribution in [3.8, 4) is 21.0 Å². The van der Waals surface area contributed by atoms with Gasteiger partial charge in [0, 0.05) is 11.1 Å². The molecule has 0 aliphatic heterocycles. The zero-order chi connectivity index (χ0) is 15.2. The third kappa shape index (κ3) is 3.65. The smallest absolute Gasteiger partial charge is 0.0808 e. The standard InChI is InChI=1S/C19H21NS2/c1-2-3-4-5-7-15-10-13-22-19(15)16-9-11-20-17(14-16)18-8-6-12-21-18/h6,8-14H,2-5,7H2,1H3. The monoisotopic (exact) mass is 327 g/mol. The van der Waals surface area contributed by atoms with Crippen molar-refractivity contribution in [2.45, 2.75) is 39.0 Å². The Hall–Kier alpha value is -1.45. The van der Waals surface area contributed by atoms with Gasteiger partial charge in [0.1, 0.15) is 0 Å². The summed E-state index contributed by atoms with van der Waals surface area (Å²) >= 11 is 3.59. The van der Waals surface area contributed by atoms with Crippen LogP contribution >= 0.6 is 22.7 Å². The van der Waals surface area contributed by atoms with Gasteiger partial charge in [-0.05, 0) is 59.0 Å². The highest BCUT2D eigenvalue weighted by atomic mass is 32.1. The van der Waals surface area contributed by atoms with E-state index in [0.717, 1.165) is 5.69 Å². The van der Waals surface area contributed by atoms with E-state index in [2.05, 4.69) is 53.0 Å². The largest absolute Gasteiger partial charge is 0.255 e. The number of aromatic nitrogens is 1. The molecule has 0 N–H and O–H groups in total. The topological polar surface area (TPSA) is 12.9 Å². The number of hydrogen-bond acceptors (Lipinski definition) is 3. The number of unbranched alkanes of at least 4 members (excludes halogenated alkanes) is 3. The van der Waals surface area contributed by atoms with Crippen LogP contribution in [0.1, 0.15) is 38.2 Å². The Morgan fingerprint density at radius 3 is 2.77 bits per heavy atom. The Balaban J connectivity index is 1.80. The third-order valence-corrected chi connectivity index (χ3v) is 5.74. The third-order valence-electron chi connectivity index (χ3n) is 3.84. The summed E-state index contributed by atoms with van der Waals surface area (Å²) in [5.74, 6) is 0. The van der Waals surface area contributed by atoms with Gasteiger partial charge < -0.3 is 0 Å². The van der Waals surface area contributed by atoms with Crippen molar-refractivity contribution in [3.63, 3.8) is 0 Å². The van der Waals surface area contributed by atoms with Gasteiger partial charge in [0.2, 0.25) is 0 Å². The van der Waals surface area contributed by atoms with Crippen LogP contribution in [0.4, 0.5) is 0 Å². The van der Waals surface area contributed by atoms with Crippen LogP contribution in [0, 0.1) is 0 Å². The molecule has 114 valence electrons. The van der Waals surface area contributed by atoms with Crippen molar-refractivity contribution in [1.82, 2.24) is 4.98 Å². The molecule has 0 spiro atoms. The van der Waals surface area contributed by atoms with Gasteiger partial charge >= 0.3 is 0 Å². The van der Waals surface area contributed by atoms with Gasteiger partial charge in [0.15, 0.2) is 0 Å². The zero-order valence-electron chi connectivity index (χ0n) is 12.9. The normalized spacial score (nSPS) is 11.0. The second-order valence-electron chi connectivity index (χ2n) is 5.49. The van der Waals surface area contributed by atoms with Gasteiger partial charge in [-0.25, -0.2) is 0 Å². The van der Waals surface area contributed by atoms with Crippen LogP contribution in [0.2, 0.25) is 0 Å². The second kappa shape index (κ2) is 7.70. The Morgan fingerprint density at radius 2 is 1.95 bits per heavy atom. The molecule has 0 atom stereocenters. The number of aryl methyl sites for hydroxylation is 1. The number of rotatable bonds is 7. The van der Waals surface area contributed by atoms with E-state index in [0.29, 0.717) is 0 Å². The van der Waals surface area contributed by atoms with Gasteiger partial charge in [-0.3, -0.25) is 4.98 Å². The lowest BCUT2D eigenvalue weighted by molar-refractivity contribution is 0.668. The minimum atomic E-state index is 1.08. The lowest BCUT2D eigenvalue weighted by atomic mass is 10.0. The van der Waals surface area contributed by atoms with Crippen LogP contribution in [-0.2, 0) is 6.42 Å². The van der Waals surface area contributed by atoms with Crippen molar-refractivity contribution in [1.29, 1.82) is 0 Å². The predicted octanol–water partition coefficient (Wildman–Crippen LogP) is 6.66. The van der Waals surface area contributed by atoms with E-state index < -0.39 is 0 Å². The predicted molar refractivity (Wildman–Crippen MR) is 98.7 cm³/mol. The molecule has 3 heterocycles. The first kappa shape index (κ1) is 15.4. The first-order valence-electron chi connectivity index (χ1n) is 7.95. The number of thiophene rings is 2. The fourth-order valence-electron chi connectivity index (χ4n) is 2.66. The van der Waals surface area contributed by atoms with Gasteiger partial charge in [0.25, 0.3) is 0 Å². The lowest BCUT2D eigenvalue weighted by Crippen LogP contribution is -1.88. The molecule has 0 aliphatic rings. The first-order valence-corrected chi connectivity index (χ1v) is 9.71. The number of pyridine rings is 1. The van der Waals surface area contributed by atoms with Crippen LogP contribution in [0.5, 0.6) is 0 Å². The van der Waals surface area contributed by atoms with Gasteiger partial charge in [-0.2, -0.15) is 0 Å². The summed E-state index contributed by atoms with van der Waals surface area (Å²) in [6.45, 7) is 2.26. The van der Waals surface area contributed by atoms with Crippen LogP contribution in [0.3, 0.4) is 0 Å². The minimum absolute atomic E-state index is 1.08. The van der Waals surface area contributed by atoms with Crippen molar-refractivity contribution in [2.24, 2.45) is 0 Å². The van der Waals surface area contributed by atoms with E-state index in [1.54, 1.807) is 11.3 Å². The van der Waals surface area contributed by atoms with Crippen molar-refractivity contribution < 1.29 is 0 Å². The van der Waals surface area contributed by atoms with Crippen molar-refractivity contribution in [3.05, 3.63) is 52.9 Å². The molecular weight excluding hydrogens is 306 g/mol. The van der Waals surface area contributed by atoms with Crippen LogP contribution < -0.4 is 0 Å². The molecule has 0 fully saturated rings. The molecular formula is C19H21NS2. The number of hydrogen-bond donors (Lipinski definition) is 0. The molecule has 22 heavy (non-hydrogen) atoms. The molecule has 0 saturated heterocycles. The van der Waals surface area contributed by atoms with Crippen molar-refractivity contribution >= 4 is 22.7 Å². The molecule has 3 aromatic rings. The fourth-order valence-corrected chi connectivity index (χ4v) is 4.31. The summed E-state index contributed by atoms with van der Waals surface area (Å²) in [4.78, 5) is 7.18. The van der Waals surface area contributed by atoms with Gasteiger partial charge in [-0.15, -0.1) is 22.7 Å². The molecule has 3 aromatic heterocycles. The van der Waals surface area contributed by atoms with Gasteiger partial charge in [0.05, 0.1) is 10.6 Å². The molecule has 1 nitrogen and oxygen atoms in total. The van der Waals surface area contributed by atoms with E-state index in [-0.39, 0.29) is 0 Å². The molecule has 0 saturated carbocycles. The summed E-state index contributed by atoms with van der Waals surface area (Å²) in [5.41, 5.74) is 3.88. The first-order chi connectivity index (χ1) is 10.9. The maximum absolute atomic E-state index is 4.52. The van der Waals surface area contributed by atoms with E-state index in [9.17, 15) is 0 Å². The molecule has 0 unspecified atom stereocenters. The zero-order valence-corrected chi connectivity index (χ0v) is 14.6. The average Bonchev–Trinajstić information content (AvgIpc) is 3.23. The van der Waals surface area contributed by atoms with Crippen molar-refractivity contribution in [2.75, 3.05) is 0 Å². The van der Waals surface area contributed by atoms with Crippen LogP contribution in [-0.4, -0.2) is 4.98 Å². The number of nitrogens with zero attached hydrogens (tertiary/aromatic N) is 1. The molecule has 0 bridgehead atoms.